The van der Waals surface area contributed by atoms with E-state index in [2.05, 4.69) is 22.5 Å². The van der Waals surface area contributed by atoms with Gasteiger partial charge in [0.05, 0.1) is 17.6 Å². The fraction of sp³-hybridized carbons (Fsp3) is 0.462. The largest absolute Gasteiger partial charge is 0.364 e. The zero-order valence-corrected chi connectivity index (χ0v) is 9.76. The summed E-state index contributed by atoms with van der Waals surface area (Å²) in [6.07, 6.45) is 6.42. The molecule has 1 aromatic rings. The Morgan fingerprint density at radius 1 is 1.62 bits per heavy atom. The molecular weight excluding hydrogens is 198 g/mol. The average molecular weight is 217 g/mol. The van der Waals surface area contributed by atoms with Crippen LogP contribution in [0.5, 0.6) is 0 Å². The molecule has 1 aliphatic rings. The molecule has 86 valence electrons. The second-order valence-corrected chi connectivity index (χ2v) is 4.40. The van der Waals surface area contributed by atoms with Crippen LogP contribution in [0.15, 0.2) is 31.0 Å². The molecule has 16 heavy (non-hydrogen) atoms. The summed E-state index contributed by atoms with van der Waals surface area (Å²) in [4.78, 5) is 6.74. The van der Waals surface area contributed by atoms with Crippen molar-refractivity contribution in [1.29, 1.82) is 0 Å². The van der Waals surface area contributed by atoms with E-state index in [0.29, 0.717) is 6.04 Å². The fourth-order valence-corrected chi connectivity index (χ4v) is 1.83. The van der Waals surface area contributed by atoms with Gasteiger partial charge in [0.25, 0.3) is 0 Å². The summed E-state index contributed by atoms with van der Waals surface area (Å²) in [7, 11) is 0. The van der Waals surface area contributed by atoms with Gasteiger partial charge in [0.15, 0.2) is 0 Å². The van der Waals surface area contributed by atoms with Crippen molar-refractivity contribution in [2.24, 2.45) is 5.73 Å². The van der Waals surface area contributed by atoms with E-state index in [0.717, 1.165) is 12.2 Å². The monoisotopic (exact) mass is 217 g/mol. The maximum absolute atomic E-state index is 5.78. The molecule has 0 radical (unpaired) electrons. The fourth-order valence-electron chi connectivity index (χ4n) is 1.83. The molecule has 0 saturated heterocycles. The molecule has 0 bridgehead atoms. The van der Waals surface area contributed by atoms with E-state index in [-0.39, 0.29) is 6.04 Å². The smallest absolute Gasteiger partial charge is 0.0569 e. The highest BCUT2D eigenvalue weighted by Gasteiger charge is 2.28. The van der Waals surface area contributed by atoms with E-state index in [1.54, 1.807) is 0 Å². The van der Waals surface area contributed by atoms with Gasteiger partial charge >= 0.3 is 0 Å². The lowest BCUT2D eigenvalue weighted by Gasteiger charge is -2.22. The molecule has 1 aliphatic carbocycles. The van der Waals surface area contributed by atoms with Crippen LogP contribution in [0.2, 0.25) is 0 Å². The summed E-state index contributed by atoms with van der Waals surface area (Å²) >= 11 is 0. The highest BCUT2D eigenvalue weighted by atomic mass is 15.2. The van der Waals surface area contributed by atoms with Gasteiger partial charge in [0.1, 0.15) is 0 Å². The first-order valence-electron chi connectivity index (χ1n) is 5.81. The zero-order valence-electron chi connectivity index (χ0n) is 9.76. The van der Waals surface area contributed by atoms with Gasteiger partial charge in [-0.1, -0.05) is 6.08 Å². The summed E-state index contributed by atoms with van der Waals surface area (Å²) in [5, 5.41) is 0. The van der Waals surface area contributed by atoms with Crippen molar-refractivity contribution in [2.45, 2.75) is 31.8 Å². The maximum atomic E-state index is 5.78. The van der Waals surface area contributed by atoms with Crippen LogP contribution in [0.25, 0.3) is 0 Å². The normalized spacial score (nSPS) is 16.9. The summed E-state index contributed by atoms with van der Waals surface area (Å²) in [5.74, 6) is 0. The van der Waals surface area contributed by atoms with Crippen LogP contribution in [0, 0.1) is 0 Å². The maximum Gasteiger partial charge on any atom is 0.0569 e. The van der Waals surface area contributed by atoms with Crippen molar-refractivity contribution in [1.82, 2.24) is 4.98 Å². The average Bonchev–Trinajstić information content (AvgIpc) is 3.10. The van der Waals surface area contributed by atoms with Gasteiger partial charge in [-0.3, -0.25) is 4.98 Å². The standard InChI is InChI=1S/C13H19N3/c1-3-8-16(11-4-5-11)12-6-7-13(10(2)14)15-9-12/h3,6-7,9-11H,1,4-5,8,14H2,2H3/t10-/m1/s1. The van der Waals surface area contributed by atoms with Gasteiger partial charge in [-0.15, -0.1) is 6.58 Å². The van der Waals surface area contributed by atoms with Crippen molar-refractivity contribution in [3.63, 3.8) is 0 Å². The minimum absolute atomic E-state index is 0.00262. The quantitative estimate of drug-likeness (QED) is 0.769. The number of nitrogens with zero attached hydrogens (tertiary/aromatic N) is 2. The summed E-state index contributed by atoms with van der Waals surface area (Å²) in [5.41, 5.74) is 7.89. The second kappa shape index (κ2) is 4.66. The first-order valence-corrected chi connectivity index (χ1v) is 5.81. The minimum atomic E-state index is 0.00262. The lowest BCUT2D eigenvalue weighted by Crippen LogP contribution is -2.25. The number of aromatic nitrogens is 1. The third-order valence-electron chi connectivity index (χ3n) is 2.88. The van der Waals surface area contributed by atoms with E-state index < -0.39 is 0 Å². The number of nitrogens with two attached hydrogens (primary N) is 1. The molecule has 0 unspecified atom stereocenters. The third-order valence-corrected chi connectivity index (χ3v) is 2.88. The van der Waals surface area contributed by atoms with Gasteiger partial charge in [-0.2, -0.15) is 0 Å². The van der Waals surface area contributed by atoms with Crippen LogP contribution >= 0.6 is 0 Å². The molecule has 0 aliphatic heterocycles. The summed E-state index contributed by atoms with van der Waals surface area (Å²) in [6.45, 7) is 6.64. The Morgan fingerprint density at radius 3 is 2.81 bits per heavy atom. The minimum Gasteiger partial charge on any atom is -0.364 e. The van der Waals surface area contributed by atoms with Crippen molar-refractivity contribution in [2.75, 3.05) is 11.4 Å². The molecule has 0 aromatic carbocycles. The van der Waals surface area contributed by atoms with E-state index in [1.165, 1.54) is 18.5 Å². The van der Waals surface area contributed by atoms with Gasteiger partial charge in [-0.25, -0.2) is 0 Å². The molecule has 2 N–H and O–H groups in total. The number of hydrogen-bond donors (Lipinski definition) is 1. The molecule has 1 aromatic heterocycles. The SMILES string of the molecule is C=CCN(c1ccc([C@@H](C)N)nc1)C1CC1. The molecule has 3 nitrogen and oxygen atoms in total. The van der Waals surface area contributed by atoms with Crippen LogP contribution in [-0.2, 0) is 0 Å². The van der Waals surface area contributed by atoms with Gasteiger partial charge < -0.3 is 10.6 Å². The van der Waals surface area contributed by atoms with Crippen LogP contribution in [-0.4, -0.2) is 17.6 Å². The van der Waals surface area contributed by atoms with Crippen molar-refractivity contribution >= 4 is 5.69 Å². The van der Waals surface area contributed by atoms with Gasteiger partial charge in [-0.05, 0) is 31.9 Å². The summed E-state index contributed by atoms with van der Waals surface area (Å²) in [6, 6.07) is 4.80. The van der Waals surface area contributed by atoms with E-state index >= 15 is 0 Å². The Kier molecular flexibility index (Phi) is 3.25. The number of anilines is 1. The highest BCUT2D eigenvalue weighted by molar-refractivity contribution is 5.47. The van der Waals surface area contributed by atoms with E-state index in [1.807, 2.05) is 25.3 Å². The first-order chi connectivity index (χ1) is 7.72. The molecule has 1 fully saturated rings. The molecule has 1 atom stereocenters. The Bertz CT molecular complexity index is 352. The first kappa shape index (κ1) is 11.1. The Hall–Kier alpha value is -1.35. The van der Waals surface area contributed by atoms with Crippen LogP contribution in [0.4, 0.5) is 5.69 Å². The highest BCUT2D eigenvalue weighted by Crippen LogP contribution is 2.31. The van der Waals surface area contributed by atoms with Crippen molar-refractivity contribution < 1.29 is 0 Å². The Morgan fingerprint density at radius 2 is 2.38 bits per heavy atom. The van der Waals surface area contributed by atoms with Crippen LogP contribution < -0.4 is 10.6 Å². The zero-order chi connectivity index (χ0) is 11.5. The van der Waals surface area contributed by atoms with Gasteiger partial charge in [0.2, 0.25) is 0 Å². The lowest BCUT2D eigenvalue weighted by atomic mass is 10.2. The Labute approximate surface area is 97.0 Å². The van der Waals surface area contributed by atoms with Gasteiger partial charge in [0, 0.05) is 18.6 Å². The van der Waals surface area contributed by atoms with Crippen LogP contribution in [0.3, 0.4) is 0 Å². The number of hydrogen-bond acceptors (Lipinski definition) is 3. The number of pyridine rings is 1. The second-order valence-electron chi connectivity index (χ2n) is 4.40. The molecule has 1 saturated carbocycles. The molecule has 0 spiro atoms. The molecule has 3 heteroatoms. The van der Waals surface area contributed by atoms with Crippen molar-refractivity contribution in [3.05, 3.63) is 36.7 Å². The molecule has 2 rings (SSSR count). The predicted octanol–water partition coefficient (Wildman–Crippen LogP) is 2.26. The third kappa shape index (κ3) is 2.42. The lowest BCUT2D eigenvalue weighted by molar-refractivity contribution is 0.776. The molecule has 0 amide bonds. The van der Waals surface area contributed by atoms with E-state index in [9.17, 15) is 0 Å². The molecular formula is C13H19N3. The summed E-state index contributed by atoms with van der Waals surface area (Å²) < 4.78 is 0. The van der Waals surface area contributed by atoms with Crippen molar-refractivity contribution in [3.8, 4) is 0 Å². The topological polar surface area (TPSA) is 42.1 Å². The number of rotatable bonds is 5. The Balaban J connectivity index is 2.14. The van der Waals surface area contributed by atoms with E-state index in [4.69, 9.17) is 5.73 Å². The molecule has 1 heterocycles. The predicted molar refractivity (Wildman–Crippen MR) is 67.4 cm³/mol. The van der Waals surface area contributed by atoms with Crippen LogP contribution in [0.1, 0.15) is 31.5 Å².